The molecule has 146 valence electrons. The summed E-state index contributed by atoms with van der Waals surface area (Å²) < 4.78 is 53.3. The van der Waals surface area contributed by atoms with Crippen LogP contribution in [-0.4, -0.2) is 31.8 Å². The zero-order valence-corrected chi connectivity index (χ0v) is 14.6. The second kappa shape index (κ2) is 8.26. The Morgan fingerprint density at radius 3 is 2.44 bits per heavy atom. The van der Waals surface area contributed by atoms with Crippen molar-refractivity contribution in [1.29, 1.82) is 0 Å². The topological polar surface area (TPSA) is 64.6 Å². The van der Waals surface area contributed by atoms with Crippen LogP contribution >= 0.6 is 0 Å². The molecule has 0 aliphatic heterocycles. The van der Waals surface area contributed by atoms with E-state index in [9.17, 15) is 27.5 Å². The first-order valence-electron chi connectivity index (χ1n) is 7.95. The van der Waals surface area contributed by atoms with Gasteiger partial charge >= 0.3 is 12.2 Å². The van der Waals surface area contributed by atoms with Gasteiger partial charge in [-0.3, -0.25) is 0 Å². The molecule has 0 heterocycles. The molecule has 5 nitrogen and oxygen atoms in total. The molecule has 1 unspecified atom stereocenters. The van der Waals surface area contributed by atoms with Gasteiger partial charge in [0.25, 0.3) is 0 Å². The highest BCUT2D eigenvalue weighted by Crippen LogP contribution is 2.37. The third-order valence-corrected chi connectivity index (χ3v) is 3.79. The molecular formula is C18H19F4N3O2. The largest absolute Gasteiger partial charge is 0.418 e. The van der Waals surface area contributed by atoms with E-state index < -0.39 is 35.4 Å². The first-order valence-corrected chi connectivity index (χ1v) is 7.95. The summed E-state index contributed by atoms with van der Waals surface area (Å²) in [5.41, 5.74) is -1.13. The summed E-state index contributed by atoms with van der Waals surface area (Å²) in [7, 11) is 3.19. The molecule has 27 heavy (non-hydrogen) atoms. The van der Waals surface area contributed by atoms with E-state index in [0.29, 0.717) is 5.69 Å². The Morgan fingerprint density at radius 1 is 1.19 bits per heavy atom. The molecule has 2 aromatic carbocycles. The molecule has 9 heteroatoms. The fourth-order valence-corrected chi connectivity index (χ4v) is 2.37. The van der Waals surface area contributed by atoms with Crippen LogP contribution in [0.1, 0.15) is 17.2 Å². The summed E-state index contributed by atoms with van der Waals surface area (Å²) in [6, 6.07) is 8.01. The van der Waals surface area contributed by atoms with Gasteiger partial charge in [0.1, 0.15) is 5.82 Å². The van der Waals surface area contributed by atoms with Gasteiger partial charge in [-0.1, -0.05) is 18.2 Å². The van der Waals surface area contributed by atoms with Crippen molar-refractivity contribution < 1.29 is 27.5 Å². The van der Waals surface area contributed by atoms with E-state index in [4.69, 9.17) is 0 Å². The molecule has 2 aromatic rings. The van der Waals surface area contributed by atoms with Gasteiger partial charge in [0.2, 0.25) is 0 Å². The molecule has 3 N–H and O–H groups in total. The minimum Gasteiger partial charge on any atom is -0.386 e. The Balaban J connectivity index is 2.08. The van der Waals surface area contributed by atoms with Crippen LogP contribution in [0.4, 0.5) is 33.7 Å². The molecule has 1 atom stereocenters. The van der Waals surface area contributed by atoms with Gasteiger partial charge < -0.3 is 20.6 Å². The third-order valence-electron chi connectivity index (χ3n) is 3.79. The Kier molecular flexibility index (Phi) is 6.27. The van der Waals surface area contributed by atoms with Crippen LogP contribution in [0.3, 0.4) is 0 Å². The van der Waals surface area contributed by atoms with Crippen molar-refractivity contribution in [2.45, 2.75) is 12.3 Å². The number of halogens is 4. The molecule has 0 radical (unpaired) electrons. The van der Waals surface area contributed by atoms with Crippen molar-refractivity contribution in [3.63, 3.8) is 0 Å². The van der Waals surface area contributed by atoms with Crippen molar-refractivity contribution in [2.24, 2.45) is 0 Å². The smallest absolute Gasteiger partial charge is 0.386 e. The monoisotopic (exact) mass is 385 g/mol. The maximum absolute atomic E-state index is 13.6. The van der Waals surface area contributed by atoms with Crippen LogP contribution in [-0.2, 0) is 6.18 Å². The van der Waals surface area contributed by atoms with Gasteiger partial charge in [-0.25, -0.2) is 9.18 Å². The number of rotatable bonds is 5. The van der Waals surface area contributed by atoms with Crippen LogP contribution in [0, 0.1) is 5.82 Å². The molecule has 2 amide bonds. The van der Waals surface area contributed by atoms with E-state index in [0.717, 1.165) is 18.2 Å². The number of anilines is 2. The summed E-state index contributed by atoms with van der Waals surface area (Å²) in [5, 5.41) is 14.3. The van der Waals surface area contributed by atoms with Crippen molar-refractivity contribution in [3.8, 4) is 0 Å². The maximum atomic E-state index is 13.6. The average Bonchev–Trinajstić information content (AvgIpc) is 2.59. The number of carbonyl (C=O) groups is 1. The normalized spacial score (nSPS) is 12.4. The van der Waals surface area contributed by atoms with E-state index in [1.165, 1.54) is 29.2 Å². The van der Waals surface area contributed by atoms with Crippen LogP contribution < -0.4 is 15.5 Å². The number of aliphatic hydroxyl groups is 1. The lowest BCUT2D eigenvalue weighted by molar-refractivity contribution is -0.136. The predicted octanol–water partition coefficient (Wildman–Crippen LogP) is 3.77. The highest BCUT2D eigenvalue weighted by molar-refractivity contribution is 5.90. The molecule has 0 aliphatic rings. The van der Waals surface area contributed by atoms with Crippen LogP contribution in [0.25, 0.3) is 0 Å². The number of hydrogen-bond acceptors (Lipinski definition) is 3. The zero-order chi connectivity index (χ0) is 20.2. The minimum atomic E-state index is -4.67. The van der Waals surface area contributed by atoms with Gasteiger partial charge in [0.05, 0.1) is 17.4 Å². The first kappa shape index (κ1) is 20.5. The second-order valence-electron chi connectivity index (χ2n) is 5.99. The highest BCUT2D eigenvalue weighted by Gasteiger charge is 2.34. The predicted molar refractivity (Wildman–Crippen MR) is 94.2 cm³/mol. The molecule has 0 aromatic heterocycles. The highest BCUT2D eigenvalue weighted by atomic mass is 19.4. The van der Waals surface area contributed by atoms with Crippen LogP contribution in [0.15, 0.2) is 42.5 Å². The quantitative estimate of drug-likeness (QED) is 0.687. The van der Waals surface area contributed by atoms with E-state index in [2.05, 4.69) is 10.6 Å². The number of amides is 2. The van der Waals surface area contributed by atoms with E-state index in [1.807, 2.05) is 0 Å². The zero-order valence-electron chi connectivity index (χ0n) is 14.6. The number of nitrogens with one attached hydrogen (secondary N) is 2. The van der Waals surface area contributed by atoms with Gasteiger partial charge in [0, 0.05) is 31.9 Å². The van der Waals surface area contributed by atoms with E-state index in [1.54, 1.807) is 14.1 Å². The van der Waals surface area contributed by atoms with Crippen molar-refractivity contribution in [1.82, 2.24) is 5.32 Å². The average molecular weight is 385 g/mol. The van der Waals surface area contributed by atoms with E-state index >= 15 is 0 Å². The Bertz CT molecular complexity index is 809. The number of nitrogens with zero attached hydrogens (tertiary/aromatic N) is 1. The standard InChI is InChI=1S/C18H19F4N3O2/c1-25(2)11-7-8-15(13(9-11)18(20,21)22)24-17(27)23-10-16(26)12-5-3-4-6-14(12)19/h3-9,16,26H,10H2,1-2H3,(H2,23,24,27). The second-order valence-corrected chi connectivity index (χ2v) is 5.99. The van der Waals surface area contributed by atoms with Crippen LogP contribution in [0.2, 0.25) is 0 Å². The molecular weight excluding hydrogens is 366 g/mol. The number of benzene rings is 2. The lowest BCUT2D eigenvalue weighted by atomic mass is 10.1. The Hall–Kier alpha value is -2.81. The fraction of sp³-hybridized carbons (Fsp3) is 0.278. The molecule has 2 rings (SSSR count). The molecule has 0 bridgehead atoms. The summed E-state index contributed by atoms with van der Waals surface area (Å²) in [4.78, 5) is 13.4. The summed E-state index contributed by atoms with van der Waals surface area (Å²) in [6.07, 6.45) is -6.00. The number of urea groups is 1. The first-order chi connectivity index (χ1) is 12.6. The lowest BCUT2D eigenvalue weighted by Gasteiger charge is -2.19. The van der Waals surface area contributed by atoms with Gasteiger partial charge in [0.15, 0.2) is 0 Å². The van der Waals surface area contributed by atoms with Crippen LogP contribution in [0.5, 0.6) is 0 Å². The van der Waals surface area contributed by atoms with Crippen molar-refractivity contribution in [2.75, 3.05) is 30.9 Å². The van der Waals surface area contributed by atoms with E-state index in [-0.39, 0.29) is 12.1 Å². The number of aliphatic hydroxyl groups excluding tert-OH is 1. The lowest BCUT2D eigenvalue weighted by Crippen LogP contribution is -2.33. The summed E-state index contributed by atoms with van der Waals surface area (Å²) >= 11 is 0. The molecule has 0 spiro atoms. The fourth-order valence-electron chi connectivity index (χ4n) is 2.37. The van der Waals surface area contributed by atoms with Gasteiger partial charge in [-0.05, 0) is 24.3 Å². The van der Waals surface area contributed by atoms with Crippen molar-refractivity contribution in [3.05, 3.63) is 59.4 Å². The minimum absolute atomic E-state index is 0.0240. The SMILES string of the molecule is CN(C)c1ccc(NC(=O)NCC(O)c2ccccc2F)c(C(F)(F)F)c1. The Labute approximate surface area is 153 Å². The van der Waals surface area contributed by atoms with Crippen molar-refractivity contribution >= 4 is 17.4 Å². The number of hydrogen-bond donors (Lipinski definition) is 3. The summed E-state index contributed by atoms with van der Waals surface area (Å²) in [5.74, 6) is -0.647. The maximum Gasteiger partial charge on any atom is 0.418 e. The van der Waals surface area contributed by atoms with Gasteiger partial charge in [-0.15, -0.1) is 0 Å². The molecule has 0 fully saturated rings. The third kappa shape index (κ3) is 5.33. The molecule has 0 saturated heterocycles. The molecule has 0 saturated carbocycles. The Morgan fingerprint density at radius 2 is 1.85 bits per heavy atom. The number of alkyl halides is 3. The molecule has 0 aliphatic carbocycles. The summed E-state index contributed by atoms with van der Waals surface area (Å²) in [6.45, 7) is -0.371. The number of carbonyl (C=O) groups excluding carboxylic acids is 1. The van der Waals surface area contributed by atoms with Gasteiger partial charge in [-0.2, -0.15) is 13.2 Å².